The number of hydrogen-bond donors (Lipinski definition) is 2. The van der Waals surface area contributed by atoms with Gasteiger partial charge in [-0.3, -0.25) is 9.59 Å². The fourth-order valence-electron chi connectivity index (χ4n) is 3.89. The van der Waals surface area contributed by atoms with Gasteiger partial charge in [0.25, 0.3) is 0 Å². The van der Waals surface area contributed by atoms with Crippen LogP contribution >= 0.6 is 11.8 Å². The van der Waals surface area contributed by atoms with Crippen LogP contribution in [0, 0.1) is 6.92 Å². The molecule has 0 radical (unpaired) electrons. The second kappa shape index (κ2) is 15.8. The highest BCUT2D eigenvalue weighted by Crippen LogP contribution is 2.25. The van der Waals surface area contributed by atoms with Gasteiger partial charge in [0.05, 0.1) is 0 Å². The summed E-state index contributed by atoms with van der Waals surface area (Å²) in [6, 6.07) is 6.14. The Hall–Kier alpha value is -2.22. The fourth-order valence-corrected chi connectivity index (χ4v) is 4.36. The van der Waals surface area contributed by atoms with Crippen LogP contribution in [0.1, 0.15) is 90.8 Å². The molecule has 0 aliphatic rings. The van der Waals surface area contributed by atoms with E-state index in [9.17, 15) is 14.4 Å². The molecule has 36 heavy (non-hydrogen) atoms. The average Bonchev–Trinajstić information content (AvgIpc) is 2.78. The normalized spacial score (nSPS) is 13.9. The lowest BCUT2D eigenvalue weighted by atomic mass is 10.00. The zero-order valence-corrected chi connectivity index (χ0v) is 24.3. The zero-order valence-electron chi connectivity index (χ0n) is 23.5. The van der Waals surface area contributed by atoms with Crippen LogP contribution in [0.4, 0.5) is 4.79 Å². The van der Waals surface area contributed by atoms with Crippen LogP contribution in [-0.2, 0) is 14.3 Å². The Morgan fingerprint density at radius 3 is 2.19 bits per heavy atom. The maximum Gasteiger partial charge on any atom is 0.408 e. The van der Waals surface area contributed by atoms with Crippen molar-refractivity contribution in [3.05, 3.63) is 35.4 Å². The van der Waals surface area contributed by atoms with Crippen LogP contribution in [0.3, 0.4) is 0 Å². The SMILES string of the molecule is CCCCN(C(=O)C(CCSC)NC(=O)OC(C)(C)C)C(C(=O)NC(C)CCC)c1ccc(C)cc1. The van der Waals surface area contributed by atoms with Crippen molar-refractivity contribution < 1.29 is 19.1 Å². The Balaban J connectivity index is 3.42. The molecule has 0 aliphatic carbocycles. The summed E-state index contributed by atoms with van der Waals surface area (Å²) in [5.74, 6) is 0.209. The van der Waals surface area contributed by atoms with Gasteiger partial charge in [0.15, 0.2) is 0 Å². The topological polar surface area (TPSA) is 87.7 Å². The van der Waals surface area contributed by atoms with Gasteiger partial charge in [-0.05, 0) is 71.5 Å². The van der Waals surface area contributed by atoms with Gasteiger partial charge in [0.1, 0.15) is 17.7 Å². The summed E-state index contributed by atoms with van der Waals surface area (Å²) in [7, 11) is 0. The van der Waals surface area contributed by atoms with Gasteiger partial charge in [-0.15, -0.1) is 0 Å². The molecule has 1 aromatic carbocycles. The first-order chi connectivity index (χ1) is 16.9. The summed E-state index contributed by atoms with van der Waals surface area (Å²) >= 11 is 1.60. The molecule has 204 valence electrons. The third-order valence-electron chi connectivity index (χ3n) is 5.70. The van der Waals surface area contributed by atoms with Crippen LogP contribution in [0.2, 0.25) is 0 Å². The van der Waals surface area contributed by atoms with Crippen molar-refractivity contribution >= 4 is 29.7 Å². The number of carbonyl (C=O) groups is 3. The number of nitrogens with zero attached hydrogens (tertiary/aromatic N) is 1. The van der Waals surface area contributed by atoms with Gasteiger partial charge in [0.2, 0.25) is 11.8 Å². The van der Waals surface area contributed by atoms with Crippen molar-refractivity contribution in [3.8, 4) is 0 Å². The summed E-state index contributed by atoms with van der Waals surface area (Å²) < 4.78 is 5.44. The number of carbonyl (C=O) groups excluding carboxylic acids is 3. The Morgan fingerprint density at radius 1 is 1.03 bits per heavy atom. The minimum absolute atomic E-state index is 0.00856. The lowest BCUT2D eigenvalue weighted by molar-refractivity contribution is -0.142. The number of amides is 3. The van der Waals surface area contributed by atoms with E-state index in [-0.39, 0.29) is 17.9 Å². The summed E-state index contributed by atoms with van der Waals surface area (Å²) in [5.41, 5.74) is 1.15. The molecule has 0 aliphatic heterocycles. The van der Waals surface area contributed by atoms with Gasteiger partial charge in [0, 0.05) is 12.6 Å². The van der Waals surface area contributed by atoms with E-state index in [1.807, 2.05) is 44.4 Å². The third-order valence-corrected chi connectivity index (χ3v) is 6.34. The molecule has 0 spiro atoms. The Morgan fingerprint density at radius 2 is 1.67 bits per heavy atom. The quantitative estimate of drug-likeness (QED) is 0.332. The van der Waals surface area contributed by atoms with Crippen LogP contribution in [-0.4, -0.2) is 59.0 Å². The first-order valence-corrected chi connectivity index (χ1v) is 14.5. The smallest absolute Gasteiger partial charge is 0.408 e. The van der Waals surface area contributed by atoms with E-state index >= 15 is 0 Å². The highest BCUT2D eigenvalue weighted by molar-refractivity contribution is 7.98. The Labute approximate surface area is 222 Å². The van der Waals surface area contributed by atoms with Gasteiger partial charge in [-0.1, -0.05) is 56.5 Å². The highest BCUT2D eigenvalue weighted by Gasteiger charge is 2.36. The largest absolute Gasteiger partial charge is 0.444 e. The van der Waals surface area contributed by atoms with Crippen molar-refractivity contribution in [2.45, 2.75) is 104 Å². The van der Waals surface area contributed by atoms with Gasteiger partial charge < -0.3 is 20.3 Å². The van der Waals surface area contributed by atoms with Crippen molar-refractivity contribution in [1.82, 2.24) is 15.5 Å². The van der Waals surface area contributed by atoms with E-state index in [2.05, 4.69) is 24.5 Å². The van der Waals surface area contributed by atoms with Crippen molar-refractivity contribution in [2.24, 2.45) is 0 Å². The number of thioether (sulfide) groups is 1. The first-order valence-electron chi connectivity index (χ1n) is 13.1. The molecule has 7 nitrogen and oxygen atoms in total. The molecule has 3 atom stereocenters. The first kappa shape index (κ1) is 31.8. The molecule has 0 bridgehead atoms. The average molecular weight is 522 g/mol. The molecule has 0 saturated heterocycles. The minimum atomic E-state index is -0.794. The molecule has 8 heteroatoms. The third kappa shape index (κ3) is 11.2. The molecular formula is C28H47N3O4S. The Bertz CT molecular complexity index is 823. The van der Waals surface area contributed by atoms with E-state index < -0.39 is 23.8 Å². The standard InChI is InChI=1S/C28H47N3O4S/c1-9-11-18-31(26(33)23(17-19-36-8)30-27(34)35-28(5,6)7)24(22-15-13-20(3)14-16-22)25(32)29-21(4)12-10-2/h13-16,21,23-24H,9-12,17-19H2,1-8H3,(H,29,32)(H,30,34). The molecule has 0 heterocycles. The van der Waals surface area contributed by atoms with E-state index in [0.717, 1.165) is 36.8 Å². The van der Waals surface area contributed by atoms with Crippen LogP contribution in [0.25, 0.3) is 0 Å². The summed E-state index contributed by atoms with van der Waals surface area (Å²) in [5, 5.41) is 5.89. The van der Waals surface area contributed by atoms with E-state index in [1.54, 1.807) is 37.4 Å². The molecule has 0 saturated carbocycles. The second-order valence-corrected chi connectivity index (χ2v) is 11.4. The number of alkyl carbamates (subject to hydrolysis) is 1. The van der Waals surface area contributed by atoms with Crippen molar-refractivity contribution in [2.75, 3.05) is 18.6 Å². The molecular weight excluding hydrogens is 474 g/mol. The Kier molecular flexibility index (Phi) is 14.0. The molecule has 1 aromatic rings. The maximum absolute atomic E-state index is 14.0. The number of nitrogens with one attached hydrogen (secondary N) is 2. The monoisotopic (exact) mass is 521 g/mol. The van der Waals surface area contributed by atoms with Crippen molar-refractivity contribution in [1.29, 1.82) is 0 Å². The predicted octanol–water partition coefficient (Wildman–Crippen LogP) is 5.62. The second-order valence-electron chi connectivity index (χ2n) is 10.4. The number of rotatable bonds is 14. The lowest BCUT2D eigenvalue weighted by Gasteiger charge is -2.35. The van der Waals surface area contributed by atoms with Crippen LogP contribution < -0.4 is 10.6 Å². The van der Waals surface area contributed by atoms with Crippen LogP contribution in [0.15, 0.2) is 24.3 Å². The summed E-state index contributed by atoms with van der Waals surface area (Å²) in [4.78, 5) is 41.9. The molecule has 3 unspecified atom stereocenters. The number of hydrogen-bond acceptors (Lipinski definition) is 5. The lowest BCUT2D eigenvalue weighted by Crippen LogP contribution is -2.54. The zero-order chi connectivity index (χ0) is 27.3. The van der Waals surface area contributed by atoms with Gasteiger partial charge in [-0.2, -0.15) is 11.8 Å². The number of unbranched alkanes of at least 4 members (excludes halogenated alkanes) is 1. The number of aryl methyl sites for hydroxylation is 1. The molecule has 2 N–H and O–H groups in total. The van der Waals surface area contributed by atoms with E-state index in [4.69, 9.17) is 4.74 Å². The number of benzene rings is 1. The van der Waals surface area contributed by atoms with Gasteiger partial charge >= 0.3 is 6.09 Å². The van der Waals surface area contributed by atoms with Crippen molar-refractivity contribution in [3.63, 3.8) is 0 Å². The van der Waals surface area contributed by atoms with E-state index in [1.165, 1.54) is 0 Å². The fraction of sp³-hybridized carbons (Fsp3) is 0.679. The molecule has 3 amide bonds. The summed E-state index contributed by atoms with van der Waals surface area (Å²) in [6.07, 6.45) is 5.18. The summed E-state index contributed by atoms with van der Waals surface area (Å²) in [6.45, 7) is 13.9. The number of ether oxygens (including phenoxy) is 1. The molecule has 1 rings (SSSR count). The minimum Gasteiger partial charge on any atom is -0.444 e. The van der Waals surface area contributed by atoms with Crippen LogP contribution in [0.5, 0.6) is 0 Å². The maximum atomic E-state index is 14.0. The molecule has 0 aromatic heterocycles. The highest BCUT2D eigenvalue weighted by atomic mass is 32.2. The van der Waals surface area contributed by atoms with Gasteiger partial charge in [-0.25, -0.2) is 4.79 Å². The molecule has 0 fully saturated rings. The predicted molar refractivity (Wildman–Crippen MR) is 149 cm³/mol. The van der Waals surface area contributed by atoms with E-state index in [0.29, 0.717) is 18.7 Å².